The van der Waals surface area contributed by atoms with E-state index in [0.29, 0.717) is 11.3 Å². The fraction of sp³-hybridized carbons (Fsp3) is 0.105. The molecule has 0 bridgehead atoms. The largest absolute Gasteiger partial charge is 0.462 e. The molecule has 0 N–H and O–H groups in total. The highest BCUT2D eigenvalue weighted by atomic mass is 127. The van der Waals surface area contributed by atoms with Crippen molar-refractivity contribution in [2.45, 2.75) is 6.92 Å². The zero-order valence-electron chi connectivity index (χ0n) is 13.4. The molecule has 0 spiro atoms. The Kier molecular flexibility index (Phi) is 4.98. The van der Waals surface area contributed by atoms with Crippen LogP contribution in [0.5, 0.6) is 0 Å². The van der Waals surface area contributed by atoms with E-state index in [-0.39, 0.29) is 17.9 Å². The number of nitrogens with zero attached hydrogens (tertiary/aromatic N) is 1. The summed E-state index contributed by atoms with van der Waals surface area (Å²) in [6, 6.07) is 16.0. The molecule has 0 atom stereocenters. The SMILES string of the molecule is CCOC(=O)C1=C(c2ccc(I)cc2)N(c2ccccc2)C(=O)C1=O. The highest BCUT2D eigenvalue weighted by Gasteiger charge is 2.43. The van der Waals surface area contributed by atoms with Gasteiger partial charge >= 0.3 is 11.9 Å². The van der Waals surface area contributed by atoms with Crippen LogP contribution in [0.1, 0.15) is 12.5 Å². The maximum absolute atomic E-state index is 12.6. The summed E-state index contributed by atoms with van der Waals surface area (Å²) in [7, 11) is 0. The molecule has 126 valence electrons. The molecule has 0 saturated heterocycles. The Morgan fingerprint density at radius 2 is 1.68 bits per heavy atom. The van der Waals surface area contributed by atoms with E-state index < -0.39 is 17.7 Å². The molecule has 3 rings (SSSR count). The zero-order valence-corrected chi connectivity index (χ0v) is 15.5. The van der Waals surface area contributed by atoms with Gasteiger partial charge in [0.05, 0.1) is 12.3 Å². The number of ether oxygens (including phenoxy) is 1. The van der Waals surface area contributed by atoms with Gasteiger partial charge in [-0.2, -0.15) is 0 Å². The summed E-state index contributed by atoms with van der Waals surface area (Å²) >= 11 is 2.16. The number of para-hydroxylation sites is 1. The van der Waals surface area contributed by atoms with E-state index >= 15 is 0 Å². The summed E-state index contributed by atoms with van der Waals surface area (Å²) in [5.74, 6) is -2.40. The minimum Gasteiger partial charge on any atom is -0.462 e. The molecule has 0 unspecified atom stereocenters. The van der Waals surface area contributed by atoms with Gasteiger partial charge in [0.2, 0.25) is 0 Å². The number of Topliss-reactive ketones (excluding diaryl/α,β-unsaturated/α-hetero) is 1. The number of halogens is 1. The smallest absolute Gasteiger partial charge is 0.344 e. The van der Waals surface area contributed by atoms with Gasteiger partial charge in [0.15, 0.2) is 0 Å². The van der Waals surface area contributed by atoms with E-state index in [9.17, 15) is 14.4 Å². The Bertz CT molecular complexity index is 872. The molecule has 0 fully saturated rings. The van der Waals surface area contributed by atoms with Crippen LogP contribution in [0, 0.1) is 3.57 Å². The maximum atomic E-state index is 12.6. The summed E-state index contributed by atoms with van der Waals surface area (Å²) in [6.45, 7) is 1.77. The first kappa shape index (κ1) is 17.3. The summed E-state index contributed by atoms with van der Waals surface area (Å²) in [5, 5.41) is 0. The van der Waals surface area contributed by atoms with Gasteiger partial charge in [0, 0.05) is 9.26 Å². The lowest BCUT2D eigenvalue weighted by atomic mass is 10.1. The highest BCUT2D eigenvalue weighted by Crippen LogP contribution is 2.35. The van der Waals surface area contributed by atoms with Crippen LogP contribution in [0.15, 0.2) is 60.2 Å². The molecule has 1 amide bonds. The second-order valence-corrected chi connectivity index (χ2v) is 6.50. The predicted molar refractivity (Wildman–Crippen MR) is 102 cm³/mol. The van der Waals surface area contributed by atoms with E-state index in [1.54, 1.807) is 43.3 Å². The van der Waals surface area contributed by atoms with Gasteiger partial charge in [0.25, 0.3) is 5.78 Å². The minimum atomic E-state index is -0.851. The lowest BCUT2D eigenvalue weighted by molar-refractivity contribution is -0.141. The quantitative estimate of drug-likeness (QED) is 0.313. The van der Waals surface area contributed by atoms with Crippen LogP contribution in [-0.4, -0.2) is 24.3 Å². The second kappa shape index (κ2) is 7.18. The maximum Gasteiger partial charge on any atom is 0.344 e. The number of hydrogen-bond acceptors (Lipinski definition) is 4. The van der Waals surface area contributed by atoms with Gasteiger partial charge in [-0.1, -0.05) is 30.3 Å². The Balaban J connectivity index is 2.23. The zero-order chi connectivity index (χ0) is 18.0. The van der Waals surface area contributed by atoms with Crippen LogP contribution < -0.4 is 4.90 Å². The van der Waals surface area contributed by atoms with E-state index in [1.807, 2.05) is 18.2 Å². The fourth-order valence-corrected chi connectivity index (χ4v) is 2.99. The third kappa shape index (κ3) is 3.21. The third-order valence-corrected chi connectivity index (χ3v) is 4.42. The molecule has 25 heavy (non-hydrogen) atoms. The molecule has 1 aliphatic heterocycles. The summed E-state index contributed by atoms with van der Waals surface area (Å²) in [4.78, 5) is 38.7. The van der Waals surface area contributed by atoms with Crippen LogP contribution in [0.4, 0.5) is 5.69 Å². The van der Waals surface area contributed by atoms with E-state index in [2.05, 4.69) is 22.6 Å². The minimum absolute atomic E-state index is 0.120. The van der Waals surface area contributed by atoms with E-state index in [1.165, 1.54) is 4.90 Å². The van der Waals surface area contributed by atoms with Crippen molar-refractivity contribution in [2.75, 3.05) is 11.5 Å². The van der Waals surface area contributed by atoms with Crippen molar-refractivity contribution < 1.29 is 19.1 Å². The molecule has 2 aromatic rings. The van der Waals surface area contributed by atoms with Crippen molar-refractivity contribution in [1.82, 2.24) is 0 Å². The number of amides is 1. The summed E-state index contributed by atoms with van der Waals surface area (Å²) in [5.41, 5.74) is 1.16. The predicted octanol–water partition coefficient (Wildman–Crippen LogP) is 3.18. The van der Waals surface area contributed by atoms with Gasteiger partial charge in [-0.25, -0.2) is 4.79 Å². The summed E-state index contributed by atoms with van der Waals surface area (Å²) in [6.07, 6.45) is 0. The van der Waals surface area contributed by atoms with Gasteiger partial charge in [0.1, 0.15) is 5.57 Å². The molecule has 0 aromatic heterocycles. The number of ketones is 1. The summed E-state index contributed by atoms with van der Waals surface area (Å²) < 4.78 is 6.01. The Hall–Kier alpha value is -2.48. The van der Waals surface area contributed by atoms with Crippen LogP contribution in [-0.2, 0) is 19.1 Å². The molecule has 0 saturated carbocycles. The van der Waals surface area contributed by atoms with Gasteiger partial charge < -0.3 is 4.74 Å². The average molecular weight is 447 g/mol. The third-order valence-electron chi connectivity index (χ3n) is 3.70. The number of benzene rings is 2. The van der Waals surface area contributed by atoms with Crippen molar-refractivity contribution in [3.05, 3.63) is 69.3 Å². The molecule has 6 heteroatoms. The Labute approximate surface area is 158 Å². The molecule has 5 nitrogen and oxygen atoms in total. The molecule has 1 heterocycles. The number of rotatable bonds is 4. The highest BCUT2D eigenvalue weighted by molar-refractivity contribution is 14.1. The van der Waals surface area contributed by atoms with Crippen LogP contribution >= 0.6 is 22.6 Å². The van der Waals surface area contributed by atoms with Crippen molar-refractivity contribution in [1.29, 1.82) is 0 Å². The Morgan fingerprint density at radius 3 is 2.28 bits per heavy atom. The number of carbonyl (C=O) groups excluding carboxylic acids is 3. The molecular weight excluding hydrogens is 433 g/mol. The van der Waals surface area contributed by atoms with Crippen LogP contribution in [0.25, 0.3) is 5.70 Å². The van der Waals surface area contributed by atoms with Gasteiger partial charge in [-0.05, 0) is 59.3 Å². The van der Waals surface area contributed by atoms with Crippen LogP contribution in [0.2, 0.25) is 0 Å². The lowest BCUT2D eigenvalue weighted by Gasteiger charge is -2.20. The standard InChI is InChI=1S/C19H14INO4/c1-2-25-19(24)15-16(12-8-10-13(20)11-9-12)21(18(23)17(15)22)14-6-4-3-5-7-14/h3-11H,2H2,1H3. The molecule has 2 aromatic carbocycles. The van der Waals surface area contributed by atoms with Gasteiger partial charge in [-0.3, -0.25) is 14.5 Å². The van der Waals surface area contributed by atoms with Gasteiger partial charge in [-0.15, -0.1) is 0 Å². The number of anilines is 1. The first-order chi connectivity index (χ1) is 12.0. The van der Waals surface area contributed by atoms with Crippen LogP contribution in [0.3, 0.4) is 0 Å². The molecule has 1 aliphatic rings. The van der Waals surface area contributed by atoms with Crippen molar-refractivity contribution in [3.63, 3.8) is 0 Å². The Morgan fingerprint density at radius 1 is 1.04 bits per heavy atom. The first-order valence-electron chi connectivity index (χ1n) is 7.65. The normalized spacial score (nSPS) is 14.2. The van der Waals surface area contributed by atoms with Crippen molar-refractivity contribution in [3.8, 4) is 0 Å². The molecular formula is C19H14INO4. The monoisotopic (exact) mass is 447 g/mol. The molecule has 0 radical (unpaired) electrons. The van der Waals surface area contributed by atoms with Crippen molar-refractivity contribution >= 4 is 51.6 Å². The lowest BCUT2D eigenvalue weighted by Crippen LogP contribution is -2.28. The number of esters is 1. The second-order valence-electron chi connectivity index (χ2n) is 5.26. The molecule has 0 aliphatic carbocycles. The van der Waals surface area contributed by atoms with E-state index in [4.69, 9.17) is 4.74 Å². The number of hydrogen-bond donors (Lipinski definition) is 0. The number of carbonyl (C=O) groups is 3. The first-order valence-corrected chi connectivity index (χ1v) is 8.73. The van der Waals surface area contributed by atoms with Crippen molar-refractivity contribution in [2.24, 2.45) is 0 Å². The average Bonchev–Trinajstić information content (AvgIpc) is 2.88. The van der Waals surface area contributed by atoms with E-state index in [0.717, 1.165) is 3.57 Å². The fourth-order valence-electron chi connectivity index (χ4n) is 2.63. The topological polar surface area (TPSA) is 63.7 Å².